The van der Waals surface area contributed by atoms with Crippen LogP contribution in [0.25, 0.3) is 0 Å². The van der Waals surface area contributed by atoms with Crippen LogP contribution < -0.4 is 11.1 Å². The van der Waals surface area contributed by atoms with E-state index in [1.165, 1.54) is 12.8 Å². The number of aliphatic imine (C=N–C) groups is 1. The van der Waals surface area contributed by atoms with Gasteiger partial charge in [0.25, 0.3) is 0 Å². The second-order valence-corrected chi connectivity index (χ2v) is 7.10. The van der Waals surface area contributed by atoms with Crippen molar-refractivity contribution in [3.8, 4) is 0 Å². The van der Waals surface area contributed by atoms with Crippen molar-refractivity contribution in [2.45, 2.75) is 63.9 Å². The lowest BCUT2D eigenvalue weighted by Gasteiger charge is -2.34. The number of amides is 1. The topological polar surface area (TPSA) is 97.0 Å². The van der Waals surface area contributed by atoms with Crippen molar-refractivity contribution in [3.05, 3.63) is 0 Å². The molecule has 7 nitrogen and oxygen atoms in total. The number of guanidine groups is 1. The van der Waals surface area contributed by atoms with Crippen molar-refractivity contribution in [2.24, 2.45) is 16.6 Å². The molecule has 2 aliphatic rings. The maximum Gasteiger partial charge on any atom is 0.306 e. The number of primary amides is 1. The summed E-state index contributed by atoms with van der Waals surface area (Å²) in [5.41, 5.74) is 5.32. The van der Waals surface area contributed by atoms with Gasteiger partial charge in [0.15, 0.2) is 5.96 Å². The van der Waals surface area contributed by atoms with Crippen LogP contribution in [0.3, 0.4) is 0 Å². The van der Waals surface area contributed by atoms with Gasteiger partial charge in [-0.2, -0.15) is 0 Å². The van der Waals surface area contributed by atoms with Crippen LogP contribution in [0.4, 0.5) is 0 Å². The van der Waals surface area contributed by atoms with Gasteiger partial charge in [-0.05, 0) is 50.9 Å². The molecule has 1 atom stereocenters. The van der Waals surface area contributed by atoms with Crippen LogP contribution in [0.5, 0.6) is 0 Å². The summed E-state index contributed by atoms with van der Waals surface area (Å²) in [6.07, 6.45) is 8.16. The molecule has 8 heteroatoms. The molecule has 1 saturated carbocycles. The van der Waals surface area contributed by atoms with Gasteiger partial charge >= 0.3 is 5.97 Å². The molecule has 0 aromatic carbocycles. The molecule has 0 radical (unpaired) electrons. The van der Waals surface area contributed by atoms with E-state index in [-0.39, 0.29) is 42.0 Å². The summed E-state index contributed by atoms with van der Waals surface area (Å²) in [5, 5.41) is 3.31. The molecule has 3 N–H and O–H groups in total. The molecule has 1 aliphatic carbocycles. The fourth-order valence-electron chi connectivity index (χ4n) is 3.72. The van der Waals surface area contributed by atoms with E-state index in [0.717, 1.165) is 51.2 Å². The quantitative estimate of drug-likeness (QED) is 0.191. The maximum absolute atomic E-state index is 11.8. The highest BCUT2D eigenvalue weighted by molar-refractivity contribution is 14.0. The second kappa shape index (κ2) is 12.3. The molecule has 26 heavy (non-hydrogen) atoms. The van der Waals surface area contributed by atoms with Crippen molar-refractivity contribution in [3.63, 3.8) is 0 Å². The normalized spacial score (nSPS) is 21.2. The number of piperidine rings is 1. The van der Waals surface area contributed by atoms with Crippen LogP contribution in [0.1, 0.15) is 57.8 Å². The van der Waals surface area contributed by atoms with Crippen LogP contribution in [-0.4, -0.2) is 55.5 Å². The van der Waals surface area contributed by atoms with Crippen molar-refractivity contribution in [1.82, 2.24) is 10.2 Å². The number of carbonyl (C=O) groups is 2. The molecule has 0 aromatic heterocycles. The van der Waals surface area contributed by atoms with Gasteiger partial charge in [-0.25, -0.2) is 0 Å². The summed E-state index contributed by atoms with van der Waals surface area (Å²) < 4.78 is 5.46. The molecular weight excluding hydrogens is 447 g/mol. The number of esters is 1. The predicted octanol–water partition coefficient (Wildman–Crippen LogP) is 2.03. The highest BCUT2D eigenvalue weighted by Gasteiger charge is 2.23. The first-order valence-electron chi connectivity index (χ1n) is 9.52. The highest BCUT2D eigenvalue weighted by Crippen LogP contribution is 2.21. The largest absolute Gasteiger partial charge is 0.462 e. The van der Waals surface area contributed by atoms with Crippen LogP contribution in [0, 0.1) is 5.92 Å². The third kappa shape index (κ3) is 8.09. The average Bonchev–Trinajstić information content (AvgIpc) is 3.07. The summed E-state index contributed by atoms with van der Waals surface area (Å²) in [7, 11) is 1.76. The highest BCUT2D eigenvalue weighted by atomic mass is 127. The molecule has 2 fully saturated rings. The fraction of sp³-hybridized carbons (Fsp3) is 0.833. The molecule has 1 saturated heterocycles. The zero-order valence-electron chi connectivity index (χ0n) is 15.7. The Kier molecular flexibility index (Phi) is 10.9. The average molecular weight is 480 g/mol. The fourth-order valence-corrected chi connectivity index (χ4v) is 3.72. The molecule has 2 rings (SSSR count). The summed E-state index contributed by atoms with van der Waals surface area (Å²) in [6.45, 7) is 2.41. The van der Waals surface area contributed by atoms with Gasteiger partial charge in [0, 0.05) is 39.5 Å². The number of rotatable bonds is 7. The van der Waals surface area contributed by atoms with Crippen molar-refractivity contribution >= 4 is 41.8 Å². The lowest BCUT2D eigenvalue weighted by Crippen LogP contribution is -2.47. The van der Waals surface area contributed by atoms with E-state index in [4.69, 9.17) is 10.5 Å². The summed E-state index contributed by atoms with van der Waals surface area (Å²) in [4.78, 5) is 29.5. The van der Waals surface area contributed by atoms with Crippen LogP contribution >= 0.6 is 24.0 Å². The Balaban J connectivity index is 0.00000338. The van der Waals surface area contributed by atoms with Crippen LogP contribution in [0.2, 0.25) is 0 Å². The van der Waals surface area contributed by atoms with Gasteiger partial charge in [-0.15, -0.1) is 24.0 Å². The first kappa shape index (κ1) is 23.0. The minimum Gasteiger partial charge on any atom is -0.462 e. The first-order valence-corrected chi connectivity index (χ1v) is 9.52. The number of halogens is 1. The number of nitrogens with zero attached hydrogens (tertiary/aromatic N) is 2. The molecule has 1 unspecified atom stereocenters. The Labute approximate surface area is 173 Å². The Bertz CT molecular complexity index is 481. The van der Waals surface area contributed by atoms with E-state index >= 15 is 0 Å². The molecule has 0 bridgehead atoms. The van der Waals surface area contributed by atoms with E-state index in [1.54, 1.807) is 7.05 Å². The van der Waals surface area contributed by atoms with Gasteiger partial charge in [0.2, 0.25) is 5.91 Å². The monoisotopic (exact) mass is 480 g/mol. The van der Waals surface area contributed by atoms with E-state index in [0.29, 0.717) is 25.3 Å². The molecule has 1 amide bonds. The first-order chi connectivity index (χ1) is 12.1. The molecule has 1 heterocycles. The number of hydrogen-bond acceptors (Lipinski definition) is 4. The molecule has 1 aliphatic heterocycles. The Morgan fingerprint density at radius 1 is 1.23 bits per heavy atom. The Morgan fingerprint density at radius 2 is 1.96 bits per heavy atom. The zero-order valence-corrected chi connectivity index (χ0v) is 18.1. The predicted molar refractivity (Wildman–Crippen MR) is 112 cm³/mol. The van der Waals surface area contributed by atoms with Crippen LogP contribution in [0.15, 0.2) is 4.99 Å². The number of carbonyl (C=O) groups excluding carboxylic acids is 2. The number of nitrogens with two attached hydrogens (primary N) is 1. The van der Waals surface area contributed by atoms with Gasteiger partial charge < -0.3 is 20.7 Å². The molecule has 150 valence electrons. The lowest BCUT2D eigenvalue weighted by atomic mass is 9.95. The van der Waals surface area contributed by atoms with E-state index in [2.05, 4.69) is 15.2 Å². The van der Waals surface area contributed by atoms with E-state index in [1.807, 2.05) is 0 Å². The van der Waals surface area contributed by atoms with Gasteiger partial charge in [0.05, 0.1) is 0 Å². The lowest BCUT2D eigenvalue weighted by molar-refractivity contribution is -0.148. The van der Waals surface area contributed by atoms with Gasteiger partial charge in [-0.3, -0.25) is 14.6 Å². The number of likely N-dealkylation sites (tertiary alicyclic amines) is 1. The third-order valence-corrected chi connectivity index (χ3v) is 4.96. The molecular formula is C18H33IN4O3. The van der Waals surface area contributed by atoms with E-state index < -0.39 is 0 Å². The Morgan fingerprint density at radius 3 is 2.62 bits per heavy atom. The second-order valence-electron chi connectivity index (χ2n) is 7.10. The summed E-state index contributed by atoms with van der Waals surface area (Å²) in [6, 6.07) is 0. The molecule has 0 aromatic rings. The molecule has 0 spiro atoms. The van der Waals surface area contributed by atoms with E-state index in [9.17, 15) is 9.59 Å². The summed E-state index contributed by atoms with van der Waals surface area (Å²) in [5.74, 6) is 0.795. The van der Waals surface area contributed by atoms with Crippen molar-refractivity contribution < 1.29 is 14.3 Å². The maximum atomic E-state index is 11.8. The minimum absolute atomic E-state index is 0. The third-order valence-electron chi connectivity index (χ3n) is 4.96. The smallest absolute Gasteiger partial charge is 0.306 e. The SMILES string of the molecule is CN=C(NCCCC(=O)OC1CCCC1)N1CCCC(CC(N)=O)C1.I. The van der Waals surface area contributed by atoms with Gasteiger partial charge in [0.1, 0.15) is 6.10 Å². The van der Waals surface area contributed by atoms with Crippen molar-refractivity contribution in [2.75, 3.05) is 26.7 Å². The number of nitrogens with one attached hydrogen (secondary N) is 1. The van der Waals surface area contributed by atoms with Crippen molar-refractivity contribution in [1.29, 1.82) is 0 Å². The minimum atomic E-state index is -0.240. The zero-order chi connectivity index (χ0) is 18.1. The number of ether oxygens (including phenoxy) is 1. The Hall–Kier alpha value is -1.06. The van der Waals surface area contributed by atoms with Crippen LogP contribution in [-0.2, 0) is 14.3 Å². The van der Waals surface area contributed by atoms with Gasteiger partial charge in [-0.1, -0.05) is 0 Å². The number of hydrogen-bond donors (Lipinski definition) is 2. The standard InChI is InChI=1S/C18H32N4O3.HI/c1-20-18(22-11-5-6-14(13-22)12-16(19)23)21-10-4-9-17(24)25-15-7-2-3-8-15;/h14-15H,2-13H2,1H3,(H2,19,23)(H,20,21);1H. The summed E-state index contributed by atoms with van der Waals surface area (Å²) >= 11 is 0.